The predicted octanol–water partition coefficient (Wildman–Crippen LogP) is 4.76. The number of amides is 1. The highest BCUT2D eigenvalue weighted by molar-refractivity contribution is 7.14. The Morgan fingerprint density at radius 2 is 1.96 bits per heavy atom. The molecule has 0 saturated carbocycles. The number of piperidine rings is 1. The number of aromatic nitrogens is 1. The predicted molar refractivity (Wildman–Crippen MR) is 102 cm³/mol. The molecule has 0 unspecified atom stereocenters. The summed E-state index contributed by atoms with van der Waals surface area (Å²) < 4.78 is 0. The van der Waals surface area contributed by atoms with Crippen LogP contribution in [0.4, 0.5) is 10.8 Å². The van der Waals surface area contributed by atoms with Gasteiger partial charge >= 0.3 is 0 Å². The third kappa shape index (κ3) is 4.48. The van der Waals surface area contributed by atoms with E-state index in [2.05, 4.69) is 15.6 Å². The summed E-state index contributed by atoms with van der Waals surface area (Å²) in [5.41, 5.74) is 2.89. The summed E-state index contributed by atoms with van der Waals surface area (Å²) in [6, 6.07) is 7.86. The molecule has 0 aliphatic carbocycles. The SMILES string of the molecule is O=C(CCCCl)Nc1ccc(-c2csc(N3CCCCC3)n2)cc1. The molecule has 2 aromatic rings. The molecule has 6 heteroatoms. The van der Waals surface area contributed by atoms with Crippen LogP contribution in [-0.2, 0) is 4.79 Å². The van der Waals surface area contributed by atoms with Crippen molar-refractivity contribution in [2.45, 2.75) is 32.1 Å². The van der Waals surface area contributed by atoms with E-state index in [1.165, 1.54) is 19.3 Å². The van der Waals surface area contributed by atoms with Crippen molar-refractivity contribution in [3.63, 3.8) is 0 Å². The smallest absolute Gasteiger partial charge is 0.224 e. The lowest BCUT2D eigenvalue weighted by Gasteiger charge is -2.25. The van der Waals surface area contributed by atoms with Crippen molar-refractivity contribution in [1.82, 2.24) is 4.98 Å². The molecule has 1 aromatic heterocycles. The second kappa shape index (κ2) is 8.49. The van der Waals surface area contributed by atoms with Crippen molar-refractivity contribution in [3.05, 3.63) is 29.6 Å². The number of carbonyl (C=O) groups excluding carboxylic acids is 1. The van der Waals surface area contributed by atoms with E-state index < -0.39 is 0 Å². The summed E-state index contributed by atoms with van der Waals surface area (Å²) in [6.45, 7) is 2.22. The van der Waals surface area contributed by atoms with Crippen LogP contribution < -0.4 is 10.2 Å². The number of nitrogens with zero attached hydrogens (tertiary/aromatic N) is 2. The van der Waals surface area contributed by atoms with Crippen molar-refractivity contribution in [2.75, 3.05) is 29.2 Å². The van der Waals surface area contributed by atoms with Gasteiger partial charge in [0.05, 0.1) is 5.69 Å². The van der Waals surface area contributed by atoms with Gasteiger partial charge in [-0.1, -0.05) is 12.1 Å². The highest BCUT2D eigenvalue weighted by atomic mass is 35.5. The Labute approximate surface area is 151 Å². The molecule has 0 spiro atoms. The van der Waals surface area contributed by atoms with Crippen LogP contribution in [0.5, 0.6) is 0 Å². The highest BCUT2D eigenvalue weighted by Crippen LogP contribution is 2.29. The molecule has 1 aromatic carbocycles. The van der Waals surface area contributed by atoms with Crippen molar-refractivity contribution >= 4 is 39.7 Å². The van der Waals surface area contributed by atoms with Gasteiger partial charge in [-0.05, 0) is 37.8 Å². The van der Waals surface area contributed by atoms with Crippen LogP contribution in [0.15, 0.2) is 29.6 Å². The van der Waals surface area contributed by atoms with Gasteiger partial charge in [0.2, 0.25) is 5.91 Å². The molecule has 2 heterocycles. The molecular formula is C18H22ClN3OS. The van der Waals surface area contributed by atoms with Gasteiger partial charge in [0, 0.05) is 42.0 Å². The monoisotopic (exact) mass is 363 g/mol. The lowest BCUT2D eigenvalue weighted by Crippen LogP contribution is -2.29. The van der Waals surface area contributed by atoms with Gasteiger partial charge in [-0.3, -0.25) is 4.79 Å². The molecule has 0 bridgehead atoms. The van der Waals surface area contributed by atoms with Crippen molar-refractivity contribution in [2.24, 2.45) is 0 Å². The number of rotatable bonds is 6. The Kier molecular flexibility index (Phi) is 6.10. The molecule has 0 radical (unpaired) electrons. The lowest BCUT2D eigenvalue weighted by molar-refractivity contribution is -0.116. The van der Waals surface area contributed by atoms with E-state index in [9.17, 15) is 4.79 Å². The number of benzene rings is 1. The Hall–Kier alpha value is -1.59. The van der Waals surface area contributed by atoms with Gasteiger partial charge in [0.1, 0.15) is 0 Å². The Balaban J connectivity index is 1.63. The molecule has 1 N–H and O–H groups in total. The summed E-state index contributed by atoms with van der Waals surface area (Å²) in [5.74, 6) is 0.514. The quantitative estimate of drug-likeness (QED) is 0.752. The van der Waals surface area contributed by atoms with Gasteiger partial charge in [-0.15, -0.1) is 22.9 Å². The van der Waals surface area contributed by atoms with E-state index in [1.54, 1.807) is 11.3 Å². The largest absolute Gasteiger partial charge is 0.348 e. The van der Waals surface area contributed by atoms with E-state index in [-0.39, 0.29) is 5.91 Å². The van der Waals surface area contributed by atoms with Crippen molar-refractivity contribution < 1.29 is 4.79 Å². The maximum atomic E-state index is 11.7. The minimum atomic E-state index is 0.00411. The van der Waals surface area contributed by atoms with E-state index >= 15 is 0 Å². The normalized spacial score (nSPS) is 14.6. The maximum Gasteiger partial charge on any atom is 0.224 e. The summed E-state index contributed by atoms with van der Waals surface area (Å²) in [5, 5.41) is 6.11. The van der Waals surface area contributed by atoms with Crippen LogP contribution in [0.3, 0.4) is 0 Å². The fraction of sp³-hybridized carbons (Fsp3) is 0.444. The zero-order valence-electron chi connectivity index (χ0n) is 13.6. The molecule has 1 aliphatic heterocycles. The van der Waals surface area contributed by atoms with Crippen molar-refractivity contribution in [1.29, 1.82) is 0 Å². The fourth-order valence-corrected chi connectivity index (χ4v) is 3.82. The van der Waals surface area contributed by atoms with Gasteiger partial charge in [0.15, 0.2) is 5.13 Å². The third-order valence-electron chi connectivity index (χ3n) is 4.12. The second-order valence-electron chi connectivity index (χ2n) is 5.98. The van der Waals surface area contributed by atoms with Crippen LogP contribution >= 0.6 is 22.9 Å². The van der Waals surface area contributed by atoms with E-state index in [1.807, 2.05) is 24.3 Å². The minimum absolute atomic E-state index is 0.00411. The van der Waals surface area contributed by atoms with E-state index in [4.69, 9.17) is 16.6 Å². The number of alkyl halides is 1. The minimum Gasteiger partial charge on any atom is -0.348 e. The number of hydrogen-bond donors (Lipinski definition) is 1. The zero-order chi connectivity index (χ0) is 16.8. The molecule has 3 rings (SSSR count). The second-order valence-corrected chi connectivity index (χ2v) is 7.20. The molecule has 4 nitrogen and oxygen atoms in total. The van der Waals surface area contributed by atoms with Gasteiger partial charge in [0.25, 0.3) is 0 Å². The summed E-state index contributed by atoms with van der Waals surface area (Å²) >= 11 is 7.31. The van der Waals surface area contributed by atoms with E-state index in [0.29, 0.717) is 18.7 Å². The van der Waals surface area contributed by atoms with Crippen LogP contribution in [-0.4, -0.2) is 29.9 Å². The third-order valence-corrected chi connectivity index (χ3v) is 5.29. The first-order chi connectivity index (χ1) is 11.8. The van der Waals surface area contributed by atoms with E-state index in [0.717, 1.165) is 35.2 Å². The average molecular weight is 364 g/mol. The molecular weight excluding hydrogens is 342 g/mol. The first-order valence-electron chi connectivity index (χ1n) is 8.43. The van der Waals surface area contributed by atoms with Crippen LogP contribution in [0.2, 0.25) is 0 Å². The molecule has 128 valence electrons. The number of thiazole rings is 1. The standard InChI is InChI=1S/C18H22ClN3OS/c19-10-4-5-17(23)20-15-8-6-14(7-9-15)16-13-24-18(21-16)22-11-2-1-3-12-22/h6-9,13H,1-5,10-12H2,(H,20,23). The first-order valence-corrected chi connectivity index (χ1v) is 9.84. The number of nitrogens with one attached hydrogen (secondary N) is 1. The maximum absolute atomic E-state index is 11.7. The summed E-state index contributed by atoms with van der Waals surface area (Å²) in [7, 11) is 0. The fourth-order valence-electron chi connectivity index (χ4n) is 2.80. The molecule has 1 saturated heterocycles. The van der Waals surface area contributed by atoms with Crippen LogP contribution in [0, 0.1) is 0 Å². The zero-order valence-corrected chi connectivity index (χ0v) is 15.2. The summed E-state index contributed by atoms with van der Waals surface area (Å²) in [4.78, 5) is 18.9. The number of carbonyl (C=O) groups is 1. The molecule has 0 atom stereocenters. The number of halogens is 1. The Morgan fingerprint density at radius 3 is 2.67 bits per heavy atom. The average Bonchev–Trinajstić information content (AvgIpc) is 3.11. The van der Waals surface area contributed by atoms with Gasteiger partial charge in [-0.25, -0.2) is 4.98 Å². The molecule has 1 fully saturated rings. The molecule has 1 aliphatic rings. The molecule has 24 heavy (non-hydrogen) atoms. The van der Waals surface area contributed by atoms with Gasteiger partial charge < -0.3 is 10.2 Å². The number of hydrogen-bond acceptors (Lipinski definition) is 4. The molecule has 1 amide bonds. The van der Waals surface area contributed by atoms with Gasteiger partial charge in [-0.2, -0.15) is 0 Å². The van der Waals surface area contributed by atoms with Crippen LogP contribution in [0.1, 0.15) is 32.1 Å². The Morgan fingerprint density at radius 1 is 1.21 bits per heavy atom. The number of anilines is 2. The first kappa shape index (κ1) is 17.2. The highest BCUT2D eigenvalue weighted by Gasteiger charge is 2.14. The van der Waals surface area contributed by atoms with Crippen molar-refractivity contribution in [3.8, 4) is 11.3 Å². The Bertz CT molecular complexity index is 665. The topological polar surface area (TPSA) is 45.2 Å². The van der Waals surface area contributed by atoms with Crippen LogP contribution in [0.25, 0.3) is 11.3 Å². The summed E-state index contributed by atoms with van der Waals surface area (Å²) in [6.07, 6.45) is 4.99. The lowest BCUT2D eigenvalue weighted by atomic mass is 10.1.